The van der Waals surface area contributed by atoms with Gasteiger partial charge in [-0.1, -0.05) is 0 Å². The third kappa shape index (κ3) is 12.8. The van der Waals surface area contributed by atoms with Gasteiger partial charge >= 0.3 is 5.97 Å². The molecule has 0 saturated heterocycles. The van der Waals surface area contributed by atoms with Crippen LogP contribution in [0.2, 0.25) is 26.4 Å². The molecule has 0 aromatic carbocycles. The van der Waals surface area contributed by atoms with Gasteiger partial charge in [0.05, 0.1) is 18.7 Å². The van der Waals surface area contributed by atoms with Crippen LogP contribution in [-0.2, 0) is 14.3 Å². The highest BCUT2D eigenvalue weighted by atomic mass is 35.5. The van der Waals surface area contributed by atoms with E-state index >= 15 is 0 Å². The van der Waals surface area contributed by atoms with E-state index in [-0.39, 0.29) is 44.4 Å². The number of carbonyl (C=O) groups is 2. The zero-order valence-electron chi connectivity index (χ0n) is 15.7. The molecule has 1 atom stereocenters. The second-order valence-electron chi connectivity index (χ2n) is 4.69. The van der Waals surface area contributed by atoms with E-state index in [0.29, 0.717) is 6.61 Å². The van der Waals surface area contributed by atoms with E-state index in [1.54, 1.807) is 19.1 Å². The molecule has 11 nitrogen and oxygen atoms in total. The Hall–Kier alpha value is -2.41. The maximum Gasteiger partial charge on any atom is 0.320 e. The molecule has 0 fully saturated rings. The Bertz CT molecular complexity index is 925. The Kier molecular flexibility index (Phi) is 14.2. The van der Waals surface area contributed by atoms with Gasteiger partial charge in [-0.2, -0.15) is 30.5 Å². The number of ether oxygens (including phenoxy) is 1. The van der Waals surface area contributed by atoms with E-state index in [1.165, 1.54) is 6.92 Å². The number of nitriles is 2. The molecular weight excluding hydrogens is 517 g/mol. The lowest BCUT2D eigenvalue weighted by Crippen LogP contribution is -2.11. The summed E-state index contributed by atoms with van der Waals surface area (Å²) in [5.41, 5.74) is 0. The summed E-state index contributed by atoms with van der Waals surface area (Å²) in [6.45, 7) is 3.31. The van der Waals surface area contributed by atoms with Crippen molar-refractivity contribution in [2.24, 2.45) is 0 Å². The molecule has 2 aromatic rings. The molecule has 0 N–H and O–H groups in total. The molecule has 0 aliphatic rings. The number of rotatable bonds is 4. The number of nitrogens with zero attached hydrogens (tertiary/aromatic N) is 8. The molecular formula is C15H11Cl5N8O3. The quantitative estimate of drug-likeness (QED) is 0.531. The van der Waals surface area contributed by atoms with Gasteiger partial charge in [0.25, 0.3) is 0 Å². The van der Waals surface area contributed by atoms with Gasteiger partial charge in [0.1, 0.15) is 6.42 Å². The van der Waals surface area contributed by atoms with Crippen LogP contribution in [0.3, 0.4) is 0 Å². The van der Waals surface area contributed by atoms with Crippen LogP contribution in [0.25, 0.3) is 0 Å². The largest absolute Gasteiger partial charge is 0.465 e. The Balaban J connectivity index is 0.000000461. The van der Waals surface area contributed by atoms with Gasteiger partial charge in [-0.05, 0) is 71.9 Å². The summed E-state index contributed by atoms with van der Waals surface area (Å²) in [7, 11) is 0. The zero-order valence-corrected chi connectivity index (χ0v) is 19.5. The van der Waals surface area contributed by atoms with Gasteiger partial charge in [0, 0.05) is 0 Å². The van der Waals surface area contributed by atoms with Gasteiger partial charge in [-0.25, -0.2) is 9.97 Å². The molecule has 31 heavy (non-hydrogen) atoms. The SMILES string of the molecule is CC(=O)C(C#N)c1nc(Cl)nc(Cl)n1.CCOC(=O)CC#N.Clc1nc(Cl)nc(Cl)n1. The summed E-state index contributed by atoms with van der Waals surface area (Å²) >= 11 is 26.9. The molecule has 0 aliphatic carbocycles. The number of carbonyl (C=O) groups excluding carboxylic acids is 2. The Morgan fingerprint density at radius 2 is 1.26 bits per heavy atom. The van der Waals surface area contributed by atoms with Crippen molar-refractivity contribution in [3.63, 3.8) is 0 Å². The van der Waals surface area contributed by atoms with Crippen molar-refractivity contribution in [1.82, 2.24) is 29.9 Å². The predicted octanol–water partition coefficient (Wildman–Crippen LogP) is 3.67. The fourth-order valence-corrected chi connectivity index (χ4v) is 2.37. The Labute approximate surface area is 201 Å². The second kappa shape index (κ2) is 15.4. The molecule has 164 valence electrons. The number of hydrogen-bond donors (Lipinski definition) is 0. The number of ketones is 1. The van der Waals surface area contributed by atoms with E-state index in [1.807, 2.05) is 0 Å². The highest BCUT2D eigenvalue weighted by Crippen LogP contribution is 2.15. The van der Waals surface area contributed by atoms with Gasteiger partial charge in [0.2, 0.25) is 26.4 Å². The standard InChI is InChI=1S/C7H4Cl2N4O.C5H7NO2.C3Cl3N3/c1-3(14)4(2-10)5-11-6(8)13-7(9)12-5;1-2-8-5(7)3-4-6;4-1-7-2(5)9-3(6)8-1/h4H,1H3;2-3H2,1H3;. The lowest BCUT2D eigenvalue weighted by atomic mass is 10.1. The normalized spacial score (nSPS) is 10.1. The average molecular weight is 529 g/mol. The minimum absolute atomic E-state index is 0.000000000000000444. The predicted molar refractivity (Wildman–Crippen MR) is 111 cm³/mol. The van der Waals surface area contributed by atoms with Crippen LogP contribution in [0.4, 0.5) is 0 Å². The highest BCUT2D eigenvalue weighted by Gasteiger charge is 2.20. The summed E-state index contributed by atoms with van der Waals surface area (Å²) in [4.78, 5) is 42.3. The van der Waals surface area contributed by atoms with Crippen LogP contribution >= 0.6 is 58.0 Å². The first-order valence-corrected chi connectivity index (χ1v) is 9.65. The first kappa shape index (κ1) is 28.6. The van der Waals surface area contributed by atoms with Gasteiger partial charge in [-0.3, -0.25) is 9.59 Å². The van der Waals surface area contributed by atoms with Crippen LogP contribution in [0.15, 0.2) is 0 Å². The van der Waals surface area contributed by atoms with Crippen LogP contribution in [0.1, 0.15) is 32.0 Å². The Morgan fingerprint density at radius 3 is 1.55 bits per heavy atom. The summed E-state index contributed by atoms with van der Waals surface area (Å²) in [5, 5.41) is 16.3. The maximum absolute atomic E-state index is 11.0. The van der Waals surface area contributed by atoms with Crippen LogP contribution < -0.4 is 0 Å². The zero-order chi connectivity index (χ0) is 24.0. The smallest absolute Gasteiger partial charge is 0.320 e. The molecule has 1 unspecified atom stereocenters. The van der Waals surface area contributed by atoms with Crippen LogP contribution in [0.5, 0.6) is 0 Å². The van der Waals surface area contributed by atoms with E-state index in [4.69, 9.17) is 68.5 Å². The molecule has 2 rings (SSSR count). The number of halogens is 5. The van der Waals surface area contributed by atoms with Crippen molar-refractivity contribution in [3.05, 3.63) is 32.2 Å². The summed E-state index contributed by atoms with van der Waals surface area (Å²) < 4.78 is 4.42. The molecule has 16 heteroatoms. The average Bonchev–Trinajstić information content (AvgIpc) is 2.61. The summed E-state index contributed by atoms with van der Waals surface area (Å²) in [5.74, 6) is -1.89. The van der Waals surface area contributed by atoms with Crippen molar-refractivity contribution in [1.29, 1.82) is 10.5 Å². The fourth-order valence-electron chi connectivity index (χ4n) is 1.38. The summed E-state index contributed by atoms with van der Waals surface area (Å²) in [6, 6.07) is 3.43. The van der Waals surface area contributed by atoms with E-state index in [9.17, 15) is 9.59 Å². The fraction of sp³-hybridized carbons (Fsp3) is 0.333. The maximum atomic E-state index is 11.0. The van der Waals surface area contributed by atoms with Crippen LogP contribution in [-0.4, -0.2) is 48.3 Å². The van der Waals surface area contributed by atoms with E-state index in [0.717, 1.165) is 0 Å². The molecule has 0 bridgehead atoms. The highest BCUT2D eigenvalue weighted by molar-refractivity contribution is 6.33. The van der Waals surface area contributed by atoms with E-state index in [2.05, 4.69) is 34.6 Å². The number of esters is 1. The van der Waals surface area contributed by atoms with Crippen molar-refractivity contribution in [3.8, 4) is 12.1 Å². The molecule has 0 spiro atoms. The molecule has 0 aliphatic heterocycles. The molecule has 0 amide bonds. The molecule has 2 heterocycles. The first-order chi connectivity index (χ1) is 14.5. The minimum atomic E-state index is -1.05. The van der Waals surface area contributed by atoms with Gasteiger partial charge in [0.15, 0.2) is 17.5 Å². The first-order valence-electron chi connectivity index (χ1n) is 7.76. The number of Topliss-reactive ketones (excluding diaryl/α,β-unsaturated/α-hetero) is 1. The molecule has 0 saturated carbocycles. The summed E-state index contributed by atoms with van der Waals surface area (Å²) in [6.07, 6.45) is -0.145. The van der Waals surface area contributed by atoms with Crippen molar-refractivity contribution < 1.29 is 14.3 Å². The monoisotopic (exact) mass is 526 g/mol. The molecule has 0 radical (unpaired) electrons. The lowest BCUT2D eigenvalue weighted by Gasteiger charge is -2.02. The molecule has 2 aromatic heterocycles. The third-order valence-corrected chi connectivity index (χ3v) is 3.32. The van der Waals surface area contributed by atoms with Crippen LogP contribution in [0, 0.1) is 22.7 Å². The number of hydrogen-bond acceptors (Lipinski definition) is 11. The Morgan fingerprint density at radius 1 is 0.871 bits per heavy atom. The van der Waals surface area contributed by atoms with Crippen molar-refractivity contribution in [2.45, 2.75) is 26.2 Å². The van der Waals surface area contributed by atoms with Crippen molar-refractivity contribution in [2.75, 3.05) is 6.61 Å². The lowest BCUT2D eigenvalue weighted by molar-refractivity contribution is -0.141. The van der Waals surface area contributed by atoms with E-state index < -0.39 is 11.9 Å². The van der Waals surface area contributed by atoms with Gasteiger partial charge < -0.3 is 4.74 Å². The second-order valence-corrected chi connectivity index (χ2v) is 6.38. The van der Waals surface area contributed by atoms with Crippen molar-refractivity contribution >= 4 is 69.8 Å². The number of aromatic nitrogens is 6. The minimum Gasteiger partial charge on any atom is -0.465 e. The topological polar surface area (TPSA) is 168 Å². The third-order valence-electron chi connectivity index (χ3n) is 2.47. The van der Waals surface area contributed by atoms with Gasteiger partial charge in [-0.15, -0.1) is 0 Å².